The van der Waals surface area contributed by atoms with Crippen molar-refractivity contribution < 1.29 is 14.6 Å². The molecule has 1 unspecified atom stereocenters. The van der Waals surface area contributed by atoms with Crippen LogP contribution in [-0.2, 0) is 4.79 Å². The lowest BCUT2D eigenvalue weighted by atomic mass is 10.3. The summed E-state index contributed by atoms with van der Waals surface area (Å²) in [7, 11) is 1.58. The maximum Gasteiger partial charge on any atom is 0.304 e. The number of carboxylic acids is 1. The number of nitrogens with two attached hydrogens (primary N) is 1. The van der Waals surface area contributed by atoms with Crippen molar-refractivity contribution >= 4 is 23.4 Å². The zero-order valence-electron chi connectivity index (χ0n) is 9.27. The molecule has 1 aromatic carbocycles. The number of aliphatic carboxylic acids is 1. The minimum Gasteiger partial charge on any atom is -0.497 e. The first kappa shape index (κ1) is 12.7. The van der Waals surface area contributed by atoms with Crippen molar-refractivity contribution in [3.63, 3.8) is 0 Å². The van der Waals surface area contributed by atoms with Crippen LogP contribution < -0.4 is 10.5 Å². The van der Waals surface area contributed by atoms with E-state index < -0.39 is 5.97 Å². The van der Waals surface area contributed by atoms with E-state index in [-0.39, 0.29) is 11.7 Å². The third-order valence-corrected chi connectivity index (χ3v) is 3.19. The van der Waals surface area contributed by atoms with Crippen LogP contribution in [0.2, 0.25) is 0 Å². The minimum atomic E-state index is -0.804. The van der Waals surface area contributed by atoms with Crippen LogP contribution in [0.4, 0.5) is 5.69 Å². The second kappa shape index (κ2) is 5.65. The molecule has 0 saturated heterocycles. The number of rotatable bonds is 5. The van der Waals surface area contributed by atoms with Crippen molar-refractivity contribution in [1.82, 2.24) is 0 Å². The van der Waals surface area contributed by atoms with Crippen LogP contribution in [0.3, 0.4) is 0 Å². The fraction of sp³-hybridized carbons (Fsp3) is 0.364. The Bertz CT molecular complexity index is 381. The van der Waals surface area contributed by atoms with Crippen molar-refractivity contribution in [2.75, 3.05) is 12.8 Å². The topological polar surface area (TPSA) is 72.5 Å². The third-order valence-electron chi connectivity index (χ3n) is 2.01. The number of methoxy groups -OCH3 is 1. The van der Waals surface area contributed by atoms with Crippen molar-refractivity contribution in [2.45, 2.75) is 23.5 Å². The average Bonchev–Trinajstić information content (AvgIpc) is 2.20. The quantitative estimate of drug-likeness (QED) is 0.611. The van der Waals surface area contributed by atoms with E-state index in [0.29, 0.717) is 5.69 Å². The van der Waals surface area contributed by atoms with E-state index in [0.717, 1.165) is 10.6 Å². The molecule has 0 amide bonds. The molecule has 0 heterocycles. The number of hydrogen-bond acceptors (Lipinski definition) is 4. The maximum absolute atomic E-state index is 10.5. The Labute approximate surface area is 98.8 Å². The number of benzene rings is 1. The van der Waals surface area contributed by atoms with Crippen LogP contribution in [0.15, 0.2) is 23.1 Å². The van der Waals surface area contributed by atoms with Crippen molar-refractivity contribution in [1.29, 1.82) is 0 Å². The van der Waals surface area contributed by atoms with Gasteiger partial charge >= 0.3 is 5.97 Å². The highest BCUT2D eigenvalue weighted by Crippen LogP contribution is 2.32. The predicted molar refractivity (Wildman–Crippen MR) is 65.0 cm³/mol. The molecule has 0 aliphatic rings. The molecule has 0 saturated carbocycles. The molecule has 0 aromatic heterocycles. The highest BCUT2D eigenvalue weighted by atomic mass is 32.2. The molecule has 4 nitrogen and oxygen atoms in total. The van der Waals surface area contributed by atoms with Gasteiger partial charge in [0.25, 0.3) is 0 Å². The first-order valence-corrected chi connectivity index (χ1v) is 5.73. The first-order valence-electron chi connectivity index (χ1n) is 4.85. The van der Waals surface area contributed by atoms with Gasteiger partial charge < -0.3 is 15.6 Å². The zero-order valence-corrected chi connectivity index (χ0v) is 10.1. The largest absolute Gasteiger partial charge is 0.497 e. The summed E-state index contributed by atoms with van der Waals surface area (Å²) < 4.78 is 5.09. The molecule has 0 fully saturated rings. The van der Waals surface area contributed by atoms with Gasteiger partial charge in [-0.25, -0.2) is 0 Å². The van der Waals surface area contributed by atoms with E-state index >= 15 is 0 Å². The molecule has 0 bridgehead atoms. The predicted octanol–water partition coefficient (Wildman–Crippen LogP) is 2.23. The standard InChI is InChI=1S/C11H15NO3S/c1-7(5-11(13)14)16-10-6-8(15-2)3-4-9(10)12/h3-4,6-7H,5,12H2,1-2H3,(H,13,14). The molecular formula is C11H15NO3S. The molecule has 0 spiro atoms. The summed E-state index contributed by atoms with van der Waals surface area (Å²) in [6.07, 6.45) is 0.112. The zero-order chi connectivity index (χ0) is 12.1. The fourth-order valence-corrected chi connectivity index (χ4v) is 2.30. The fourth-order valence-electron chi connectivity index (χ4n) is 1.25. The van der Waals surface area contributed by atoms with Crippen LogP contribution in [0.25, 0.3) is 0 Å². The van der Waals surface area contributed by atoms with Gasteiger partial charge in [0.05, 0.1) is 13.5 Å². The average molecular weight is 241 g/mol. The van der Waals surface area contributed by atoms with Gasteiger partial charge in [0, 0.05) is 15.8 Å². The van der Waals surface area contributed by atoms with Gasteiger partial charge in [0.1, 0.15) is 5.75 Å². The van der Waals surface area contributed by atoms with Gasteiger partial charge in [0.15, 0.2) is 0 Å². The van der Waals surface area contributed by atoms with Crippen LogP contribution in [-0.4, -0.2) is 23.4 Å². The Hall–Kier alpha value is -1.36. The van der Waals surface area contributed by atoms with Gasteiger partial charge in [-0.3, -0.25) is 4.79 Å². The van der Waals surface area contributed by atoms with Gasteiger partial charge in [-0.2, -0.15) is 0 Å². The molecule has 3 N–H and O–H groups in total. The molecule has 1 atom stereocenters. The number of nitrogen functional groups attached to an aromatic ring is 1. The Morgan fingerprint density at radius 2 is 2.31 bits per heavy atom. The number of ether oxygens (including phenoxy) is 1. The Morgan fingerprint density at radius 1 is 1.62 bits per heavy atom. The highest BCUT2D eigenvalue weighted by molar-refractivity contribution is 8.00. The lowest BCUT2D eigenvalue weighted by Crippen LogP contribution is -2.06. The van der Waals surface area contributed by atoms with Gasteiger partial charge in [-0.1, -0.05) is 6.92 Å². The monoisotopic (exact) mass is 241 g/mol. The summed E-state index contributed by atoms with van der Waals surface area (Å²) in [4.78, 5) is 11.4. The van der Waals surface area contributed by atoms with Crippen LogP contribution in [0, 0.1) is 0 Å². The summed E-state index contributed by atoms with van der Waals surface area (Å²) in [5, 5.41) is 8.64. The number of thioether (sulfide) groups is 1. The molecule has 1 rings (SSSR count). The van der Waals surface area contributed by atoms with Crippen molar-refractivity contribution in [3.05, 3.63) is 18.2 Å². The molecule has 0 radical (unpaired) electrons. The normalized spacial score (nSPS) is 12.1. The Kier molecular flexibility index (Phi) is 4.49. The molecular weight excluding hydrogens is 226 g/mol. The van der Waals surface area contributed by atoms with Gasteiger partial charge in [0.2, 0.25) is 0 Å². The second-order valence-corrected chi connectivity index (χ2v) is 4.91. The second-order valence-electron chi connectivity index (χ2n) is 3.43. The Morgan fingerprint density at radius 3 is 2.88 bits per heavy atom. The Balaban J connectivity index is 2.75. The molecule has 0 aliphatic heterocycles. The minimum absolute atomic E-state index is 0.0214. The van der Waals surface area contributed by atoms with E-state index in [4.69, 9.17) is 15.6 Å². The summed E-state index contributed by atoms with van der Waals surface area (Å²) in [5.41, 5.74) is 6.44. The maximum atomic E-state index is 10.5. The first-order chi connectivity index (χ1) is 7.52. The van der Waals surface area contributed by atoms with Crippen molar-refractivity contribution in [3.8, 4) is 5.75 Å². The molecule has 1 aromatic rings. The highest BCUT2D eigenvalue weighted by Gasteiger charge is 2.11. The van der Waals surface area contributed by atoms with Gasteiger partial charge in [-0.15, -0.1) is 11.8 Å². The van der Waals surface area contributed by atoms with E-state index in [9.17, 15) is 4.79 Å². The van der Waals surface area contributed by atoms with E-state index in [1.54, 1.807) is 19.2 Å². The van der Waals surface area contributed by atoms with E-state index in [1.807, 2.05) is 13.0 Å². The lowest BCUT2D eigenvalue weighted by molar-refractivity contribution is -0.136. The van der Waals surface area contributed by atoms with Crippen LogP contribution in [0.1, 0.15) is 13.3 Å². The summed E-state index contributed by atoms with van der Waals surface area (Å²) >= 11 is 1.44. The van der Waals surface area contributed by atoms with Gasteiger partial charge in [-0.05, 0) is 18.2 Å². The molecule has 0 aliphatic carbocycles. The molecule has 5 heteroatoms. The van der Waals surface area contributed by atoms with E-state index in [2.05, 4.69) is 0 Å². The third kappa shape index (κ3) is 3.66. The SMILES string of the molecule is COc1ccc(N)c(SC(C)CC(=O)O)c1. The van der Waals surface area contributed by atoms with E-state index in [1.165, 1.54) is 11.8 Å². The molecule has 88 valence electrons. The number of hydrogen-bond donors (Lipinski definition) is 2. The number of carboxylic acid groups (broad SMARTS) is 1. The number of carbonyl (C=O) groups is 1. The summed E-state index contributed by atoms with van der Waals surface area (Å²) in [5.74, 6) is -0.0827. The smallest absolute Gasteiger partial charge is 0.304 e. The lowest BCUT2D eigenvalue weighted by Gasteiger charge is -2.11. The van der Waals surface area contributed by atoms with Crippen molar-refractivity contribution in [2.24, 2.45) is 0 Å². The number of anilines is 1. The summed E-state index contributed by atoms with van der Waals surface area (Å²) in [6.45, 7) is 1.86. The summed E-state index contributed by atoms with van der Waals surface area (Å²) in [6, 6.07) is 5.36. The molecule has 16 heavy (non-hydrogen) atoms. The van der Waals surface area contributed by atoms with Crippen LogP contribution >= 0.6 is 11.8 Å². The van der Waals surface area contributed by atoms with Crippen LogP contribution in [0.5, 0.6) is 5.75 Å².